The maximum atomic E-state index is 12.0. The molecule has 1 aromatic carbocycles. The highest BCUT2D eigenvalue weighted by molar-refractivity contribution is 5.94. The van der Waals surface area contributed by atoms with Gasteiger partial charge in [0.2, 0.25) is 5.91 Å². The highest BCUT2D eigenvalue weighted by Gasteiger charge is 2.29. The van der Waals surface area contributed by atoms with Gasteiger partial charge in [0.1, 0.15) is 6.04 Å². The van der Waals surface area contributed by atoms with Crippen LogP contribution in [0.15, 0.2) is 35.1 Å². The van der Waals surface area contributed by atoms with Crippen LogP contribution in [0.4, 0.5) is 5.69 Å². The van der Waals surface area contributed by atoms with Crippen molar-refractivity contribution in [3.8, 4) is 0 Å². The zero-order valence-corrected chi connectivity index (χ0v) is 11.6. The first-order valence-corrected chi connectivity index (χ1v) is 6.68. The van der Waals surface area contributed by atoms with E-state index in [4.69, 9.17) is 0 Å². The Balaban J connectivity index is 2.06. The van der Waals surface area contributed by atoms with Gasteiger partial charge >= 0.3 is 0 Å². The number of para-hydroxylation sites is 1. The van der Waals surface area contributed by atoms with Crippen molar-refractivity contribution in [3.63, 3.8) is 0 Å². The number of rotatable bonds is 2. The fraction of sp³-hybridized carbons (Fsp3) is 0.333. The number of pyridine rings is 1. The van der Waals surface area contributed by atoms with E-state index in [1.165, 1.54) is 0 Å². The highest BCUT2D eigenvalue weighted by atomic mass is 16.2. The third kappa shape index (κ3) is 1.95. The van der Waals surface area contributed by atoms with E-state index >= 15 is 0 Å². The second kappa shape index (κ2) is 4.67. The van der Waals surface area contributed by atoms with Gasteiger partial charge in [-0.15, -0.1) is 0 Å². The second-order valence-electron chi connectivity index (χ2n) is 5.22. The molecule has 0 radical (unpaired) electrons. The topological polar surface area (TPSA) is 54.3 Å². The Labute approximate surface area is 116 Å². The van der Waals surface area contributed by atoms with Crippen LogP contribution >= 0.6 is 0 Å². The van der Waals surface area contributed by atoms with Gasteiger partial charge in [-0.3, -0.25) is 9.59 Å². The lowest BCUT2D eigenvalue weighted by Crippen LogP contribution is -2.31. The number of likely N-dealkylation sites (tertiary alicyclic amines) is 1. The van der Waals surface area contributed by atoms with Gasteiger partial charge in [0, 0.05) is 37.8 Å². The molecule has 2 heterocycles. The Morgan fingerprint density at radius 3 is 2.65 bits per heavy atom. The Hall–Kier alpha value is -2.30. The van der Waals surface area contributed by atoms with Crippen molar-refractivity contribution in [2.45, 2.75) is 12.5 Å². The van der Waals surface area contributed by atoms with Gasteiger partial charge < -0.3 is 14.8 Å². The van der Waals surface area contributed by atoms with Crippen molar-refractivity contribution in [2.24, 2.45) is 7.05 Å². The van der Waals surface area contributed by atoms with Crippen LogP contribution in [0.2, 0.25) is 0 Å². The largest absolute Gasteiger partial charge is 0.373 e. The number of likely N-dealkylation sites (N-methyl/N-ethyl adjacent to an activating group) is 1. The lowest BCUT2D eigenvalue weighted by molar-refractivity contribution is -0.127. The number of hydrogen-bond donors (Lipinski definition) is 1. The Kier molecular flexibility index (Phi) is 2.97. The van der Waals surface area contributed by atoms with Crippen molar-refractivity contribution in [3.05, 3.63) is 40.7 Å². The number of carbonyl (C=O) groups excluding carboxylic acids is 1. The molecule has 104 valence electrons. The van der Waals surface area contributed by atoms with Gasteiger partial charge in [0.05, 0.1) is 5.52 Å². The van der Waals surface area contributed by atoms with E-state index in [-0.39, 0.29) is 17.5 Å². The monoisotopic (exact) mass is 271 g/mol. The molecule has 0 bridgehead atoms. The van der Waals surface area contributed by atoms with Crippen LogP contribution < -0.4 is 10.9 Å². The number of amides is 1. The lowest BCUT2D eigenvalue weighted by atomic mass is 10.1. The maximum absolute atomic E-state index is 12.0. The van der Waals surface area contributed by atoms with Crippen LogP contribution in [0.25, 0.3) is 10.9 Å². The summed E-state index contributed by atoms with van der Waals surface area (Å²) in [6.07, 6.45) is 0.763. The van der Waals surface area contributed by atoms with Gasteiger partial charge in [-0.1, -0.05) is 18.2 Å². The standard InChI is InChI=1S/C15H17N3O2/c1-17-8-7-11(15(17)20)16-12-9-14(19)18(2)13-6-4-3-5-10(12)13/h3-6,9,11,16H,7-8H2,1-2H3. The molecule has 0 spiro atoms. The molecule has 3 rings (SSSR count). The normalized spacial score (nSPS) is 18.8. The van der Waals surface area contributed by atoms with Crippen LogP contribution in [-0.2, 0) is 11.8 Å². The molecule has 1 atom stereocenters. The Bertz CT molecular complexity index is 735. The molecule has 1 aromatic heterocycles. The Morgan fingerprint density at radius 1 is 1.20 bits per heavy atom. The fourth-order valence-electron chi connectivity index (χ4n) is 2.67. The Morgan fingerprint density at radius 2 is 1.95 bits per heavy atom. The number of aromatic nitrogens is 1. The average molecular weight is 271 g/mol. The molecule has 1 N–H and O–H groups in total. The number of fused-ring (bicyclic) bond motifs is 1. The molecule has 1 aliphatic rings. The number of aryl methyl sites for hydroxylation is 1. The van der Waals surface area contributed by atoms with Gasteiger partial charge in [-0.25, -0.2) is 0 Å². The molecule has 0 aliphatic carbocycles. The van der Waals surface area contributed by atoms with Crippen LogP contribution in [0.3, 0.4) is 0 Å². The van der Waals surface area contributed by atoms with E-state index in [9.17, 15) is 9.59 Å². The van der Waals surface area contributed by atoms with Crippen molar-refractivity contribution in [1.82, 2.24) is 9.47 Å². The van der Waals surface area contributed by atoms with E-state index in [1.54, 1.807) is 29.6 Å². The number of nitrogens with zero attached hydrogens (tertiary/aromatic N) is 2. The molecule has 1 amide bonds. The summed E-state index contributed by atoms with van der Waals surface area (Å²) in [5.74, 6) is 0.0785. The summed E-state index contributed by atoms with van der Waals surface area (Å²) in [6.45, 7) is 0.749. The van der Waals surface area contributed by atoms with Crippen LogP contribution in [0.5, 0.6) is 0 Å². The highest BCUT2D eigenvalue weighted by Crippen LogP contribution is 2.23. The predicted molar refractivity (Wildman–Crippen MR) is 78.9 cm³/mol. The minimum absolute atomic E-state index is 0.0785. The smallest absolute Gasteiger partial charge is 0.252 e. The summed E-state index contributed by atoms with van der Waals surface area (Å²) >= 11 is 0. The first-order chi connectivity index (χ1) is 9.58. The third-order valence-electron chi connectivity index (χ3n) is 3.91. The number of hydrogen-bond acceptors (Lipinski definition) is 3. The third-order valence-corrected chi connectivity index (χ3v) is 3.91. The summed E-state index contributed by atoms with van der Waals surface area (Å²) in [7, 11) is 3.55. The number of anilines is 1. The van der Waals surface area contributed by atoms with E-state index < -0.39 is 0 Å². The predicted octanol–water partition coefficient (Wildman–Crippen LogP) is 1.18. The first-order valence-electron chi connectivity index (χ1n) is 6.68. The minimum atomic E-state index is -0.240. The molecule has 2 aromatic rings. The van der Waals surface area contributed by atoms with Gasteiger partial charge in [-0.05, 0) is 12.5 Å². The fourth-order valence-corrected chi connectivity index (χ4v) is 2.67. The minimum Gasteiger partial charge on any atom is -0.373 e. The number of carbonyl (C=O) groups is 1. The average Bonchev–Trinajstić information content (AvgIpc) is 2.76. The number of benzene rings is 1. The van der Waals surface area contributed by atoms with E-state index in [2.05, 4.69) is 5.32 Å². The van der Waals surface area contributed by atoms with Crippen molar-refractivity contribution in [2.75, 3.05) is 18.9 Å². The lowest BCUT2D eigenvalue weighted by Gasteiger charge is -2.16. The quantitative estimate of drug-likeness (QED) is 0.892. The van der Waals surface area contributed by atoms with E-state index in [1.807, 2.05) is 24.3 Å². The molecule has 1 unspecified atom stereocenters. The molecular weight excluding hydrogens is 254 g/mol. The molecular formula is C15H17N3O2. The van der Waals surface area contributed by atoms with Crippen molar-refractivity contribution in [1.29, 1.82) is 0 Å². The molecule has 1 saturated heterocycles. The van der Waals surface area contributed by atoms with Crippen molar-refractivity contribution < 1.29 is 4.79 Å². The molecule has 0 saturated carbocycles. The van der Waals surface area contributed by atoms with Crippen LogP contribution in [0.1, 0.15) is 6.42 Å². The van der Waals surface area contributed by atoms with E-state index in [0.29, 0.717) is 0 Å². The van der Waals surface area contributed by atoms with E-state index in [0.717, 1.165) is 29.6 Å². The van der Waals surface area contributed by atoms with Crippen LogP contribution in [0, 0.1) is 0 Å². The first kappa shape index (κ1) is 12.7. The van der Waals surface area contributed by atoms with Gasteiger partial charge in [0.25, 0.3) is 5.56 Å². The zero-order valence-electron chi connectivity index (χ0n) is 11.6. The van der Waals surface area contributed by atoms with Gasteiger partial charge in [0.15, 0.2) is 0 Å². The molecule has 20 heavy (non-hydrogen) atoms. The number of nitrogens with one attached hydrogen (secondary N) is 1. The summed E-state index contributed by atoms with van der Waals surface area (Å²) in [5.41, 5.74) is 1.52. The van der Waals surface area contributed by atoms with Crippen molar-refractivity contribution >= 4 is 22.5 Å². The SMILES string of the molecule is CN1CCC(Nc2cc(=O)n(C)c3ccccc23)C1=O. The molecule has 1 fully saturated rings. The van der Waals surface area contributed by atoms with Gasteiger partial charge in [-0.2, -0.15) is 0 Å². The summed E-state index contributed by atoms with van der Waals surface area (Å²) < 4.78 is 1.61. The van der Waals surface area contributed by atoms with Crippen LogP contribution in [-0.4, -0.2) is 35.0 Å². The second-order valence-corrected chi connectivity index (χ2v) is 5.22. The maximum Gasteiger partial charge on any atom is 0.252 e. The zero-order chi connectivity index (χ0) is 14.3. The molecule has 1 aliphatic heterocycles. The molecule has 5 nitrogen and oxygen atoms in total. The summed E-state index contributed by atoms with van der Waals surface area (Å²) in [4.78, 5) is 25.7. The molecule has 5 heteroatoms. The summed E-state index contributed by atoms with van der Waals surface area (Å²) in [5, 5.41) is 4.18. The summed E-state index contributed by atoms with van der Waals surface area (Å²) in [6, 6.07) is 9.02.